The third kappa shape index (κ3) is 4.81. The topological polar surface area (TPSA) is 24.1 Å². The molecule has 0 unspecified atom stereocenters. The molecule has 0 aliphatic rings. The normalized spacial score (nSPS) is 11.6. The van der Waals surface area contributed by atoms with E-state index in [2.05, 4.69) is 54.0 Å². The Morgan fingerprint density at radius 3 is 2.24 bits per heavy atom. The van der Waals surface area contributed by atoms with Crippen molar-refractivity contribution in [2.45, 2.75) is 13.0 Å². The molecule has 0 aliphatic carbocycles. The fraction of sp³-hybridized carbons (Fsp3) is 0.0952. The van der Waals surface area contributed by atoms with Crippen LogP contribution in [0.3, 0.4) is 0 Å². The lowest BCUT2D eigenvalue weighted by molar-refractivity contribution is 0.768. The van der Waals surface area contributed by atoms with E-state index in [-0.39, 0.29) is 6.04 Å². The van der Waals surface area contributed by atoms with Crippen LogP contribution in [-0.4, -0.2) is 5.11 Å². The van der Waals surface area contributed by atoms with E-state index in [9.17, 15) is 0 Å². The second-order valence-corrected chi connectivity index (χ2v) is 6.71. The van der Waals surface area contributed by atoms with Gasteiger partial charge in [0.15, 0.2) is 5.11 Å². The molecule has 3 aromatic rings. The second kappa shape index (κ2) is 8.15. The Labute approximate surface area is 158 Å². The van der Waals surface area contributed by atoms with Gasteiger partial charge in [-0.2, -0.15) is 0 Å². The molecule has 25 heavy (non-hydrogen) atoms. The second-order valence-electron chi connectivity index (χ2n) is 5.86. The molecule has 3 aromatic carbocycles. The van der Waals surface area contributed by atoms with Gasteiger partial charge in [0.25, 0.3) is 0 Å². The largest absolute Gasteiger partial charge is 0.352 e. The van der Waals surface area contributed by atoms with Crippen molar-refractivity contribution in [2.75, 3.05) is 5.32 Å². The highest BCUT2D eigenvalue weighted by molar-refractivity contribution is 7.80. The molecule has 3 rings (SSSR count). The van der Waals surface area contributed by atoms with Gasteiger partial charge in [0.05, 0.1) is 6.04 Å². The van der Waals surface area contributed by atoms with E-state index >= 15 is 0 Å². The van der Waals surface area contributed by atoms with Gasteiger partial charge >= 0.3 is 0 Å². The van der Waals surface area contributed by atoms with Crippen LogP contribution < -0.4 is 10.6 Å². The van der Waals surface area contributed by atoms with Gasteiger partial charge in [-0.15, -0.1) is 0 Å². The van der Waals surface area contributed by atoms with E-state index in [1.54, 1.807) is 0 Å². The zero-order valence-electron chi connectivity index (χ0n) is 13.9. The van der Waals surface area contributed by atoms with E-state index in [1.807, 2.05) is 42.5 Å². The predicted octanol–water partition coefficient (Wildman–Crippen LogP) is 5.72. The highest BCUT2D eigenvalue weighted by atomic mass is 35.5. The minimum absolute atomic E-state index is 0.0200. The Morgan fingerprint density at radius 2 is 1.56 bits per heavy atom. The van der Waals surface area contributed by atoms with Crippen LogP contribution in [0.2, 0.25) is 5.02 Å². The number of rotatable bonds is 4. The van der Waals surface area contributed by atoms with Gasteiger partial charge < -0.3 is 10.6 Å². The fourth-order valence-corrected chi connectivity index (χ4v) is 3.05. The number of aryl methyl sites for hydroxylation is 1. The number of hydrogen-bond donors (Lipinski definition) is 2. The van der Waals surface area contributed by atoms with E-state index in [1.165, 1.54) is 11.1 Å². The smallest absolute Gasteiger partial charge is 0.171 e. The predicted molar refractivity (Wildman–Crippen MR) is 110 cm³/mol. The Kier molecular flexibility index (Phi) is 5.69. The highest BCUT2D eigenvalue weighted by Crippen LogP contribution is 2.23. The number of thiocarbonyl (C=S) groups is 1. The van der Waals surface area contributed by atoms with Crippen molar-refractivity contribution in [1.82, 2.24) is 5.32 Å². The molecule has 0 aliphatic heterocycles. The first kappa shape index (κ1) is 17.5. The summed E-state index contributed by atoms with van der Waals surface area (Å²) in [6.45, 7) is 2.09. The summed E-state index contributed by atoms with van der Waals surface area (Å²) in [7, 11) is 0. The Bertz CT molecular complexity index is 847. The van der Waals surface area contributed by atoms with Crippen molar-refractivity contribution in [3.8, 4) is 0 Å². The molecule has 4 heteroatoms. The molecule has 0 saturated carbocycles. The Morgan fingerprint density at radius 1 is 0.880 bits per heavy atom. The number of halogens is 1. The summed E-state index contributed by atoms with van der Waals surface area (Å²) in [6, 6.07) is 26.2. The average molecular weight is 367 g/mol. The molecular formula is C21H19ClN2S. The van der Waals surface area contributed by atoms with Gasteiger partial charge in [-0.05, 0) is 54.5 Å². The molecule has 0 bridgehead atoms. The van der Waals surface area contributed by atoms with Gasteiger partial charge in [-0.25, -0.2) is 0 Å². The van der Waals surface area contributed by atoms with E-state index in [0.717, 1.165) is 11.3 Å². The minimum Gasteiger partial charge on any atom is -0.352 e. The third-order valence-electron chi connectivity index (χ3n) is 3.89. The van der Waals surface area contributed by atoms with Crippen LogP contribution in [0.25, 0.3) is 0 Å². The SMILES string of the molecule is Cc1cccc([C@H](NC(=S)Nc2ccc(Cl)cc2)c2ccccc2)c1. The first-order valence-electron chi connectivity index (χ1n) is 8.06. The lowest BCUT2D eigenvalue weighted by atomic mass is 9.97. The summed E-state index contributed by atoms with van der Waals surface area (Å²) >= 11 is 11.5. The zero-order chi connectivity index (χ0) is 17.6. The molecular weight excluding hydrogens is 348 g/mol. The van der Waals surface area contributed by atoms with Crippen molar-refractivity contribution in [3.05, 3.63) is 101 Å². The zero-order valence-corrected chi connectivity index (χ0v) is 15.4. The van der Waals surface area contributed by atoms with Crippen molar-refractivity contribution in [1.29, 1.82) is 0 Å². The summed E-state index contributed by atoms with van der Waals surface area (Å²) in [4.78, 5) is 0. The first-order chi connectivity index (χ1) is 12.1. The van der Waals surface area contributed by atoms with E-state index in [4.69, 9.17) is 23.8 Å². The van der Waals surface area contributed by atoms with Gasteiger partial charge in [-0.1, -0.05) is 71.8 Å². The lowest BCUT2D eigenvalue weighted by Gasteiger charge is -2.22. The molecule has 0 saturated heterocycles. The van der Waals surface area contributed by atoms with Gasteiger partial charge in [0, 0.05) is 10.7 Å². The van der Waals surface area contributed by atoms with Gasteiger partial charge in [0.2, 0.25) is 0 Å². The van der Waals surface area contributed by atoms with Crippen LogP contribution in [-0.2, 0) is 0 Å². The monoisotopic (exact) mass is 366 g/mol. The number of hydrogen-bond acceptors (Lipinski definition) is 1. The van der Waals surface area contributed by atoms with Crippen LogP contribution in [0.5, 0.6) is 0 Å². The quantitative estimate of drug-likeness (QED) is 0.577. The van der Waals surface area contributed by atoms with Crippen LogP contribution in [0.15, 0.2) is 78.9 Å². The van der Waals surface area contributed by atoms with Crippen LogP contribution in [0.1, 0.15) is 22.7 Å². The first-order valence-corrected chi connectivity index (χ1v) is 8.85. The molecule has 0 spiro atoms. The van der Waals surface area contributed by atoms with Crippen molar-refractivity contribution in [2.24, 2.45) is 0 Å². The molecule has 0 fully saturated rings. The van der Waals surface area contributed by atoms with Crippen molar-refractivity contribution >= 4 is 34.6 Å². The molecule has 126 valence electrons. The fourth-order valence-electron chi connectivity index (χ4n) is 2.69. The molecule has 0 aromatic heterocycles. The third-order valence-corrected chi connectivity index (χ3v) is 4.36. The maximum atomic E-state index is 5.93. The van der Waals surface area contributed by atoms with Crippen molar-refractivity contribution in [3.63, 3.8) is 0 Å². The standard InChI is InChI=1S/C21H19ClN2S/c1-15-6-5-9-17(14-15)20(16-7-3-2-4-8-16)24-21(25)23-19-12-10-18(22)11-13-19/h2-14,20H,1H3,(H2,23,24,25)/t20-/m1/s1. The molecule has 2 nitrogen and oxygen atoms in total. The summed E-state index contributed by atoms with van der Waals surface area (Å²) in [5, 5.41) is 7.91. The van der Waals surface area contributed by atoms with Gasteiger partial charge in [0.1, 0.15) is 0 Å². The van der Waals surface area contributed by atoms with Crippen LogP contribution in [0, 0.1) is 6.92 Å². The van der Waals surface area contributed by atoms with Crippen LogP contribution in [0.4, 0.5) is 5.69 Å². The Balaban J connectivity index is 1.82. The Hall–Kier alpha value is -2.36. The maximum Gasteiger partial charge on any atom is 0.171 e. The number of nitrogens with one attached hydrogen (secondary N) is 2. The summed E-state index contributed by atoms with van der Waals surface area (Å²) < 4.78 is 0. The molecule has 0 heterocycles. The highest BCUT2D eigenvalue weighted by Gasteiger charge is 2.15. The number of anilines is 1. The van der Waals surface area contributed by atoms with E-state index in [0.29, 0.717) is 10.1 Å². The molecule has 0 amide bonds. The van der Waals surface area contributed by atoms with Crippen molar-refractivity contribution < 1.29 is 0 Å². The number of benzene rings is 3. The summed E-state index contributed by atoms with van der Waals surface area (Å²) in [5.74, 6) is 0. The van der Waals surface area contributed by atoms with Crippen LogP contribution >= 0.6 is 23.8 Å². The molecule has 1 atom stereocenters. The minimum atomic E-state index is -0.0200. The van der Waals surface area contributed by atoms with E-state index < -0.39 is 0 Å². The molecule has 0 radical (unpaired) electrons. The molecule has 2 N–H and O–H groups in total. The van der Waals surface area contributed by atoms with Gasteiger partial charge in [-0.3, -0.25) is 0 Å². The average Bonchev–Trinajstić information content (AvgIpc) is 2.62. The maximum absolute atomic E-state index is 5.93. The summed E-state index contributed by atoms with van der Waals surface area (Å²) in [6.07, 6.45) is 0. The summed E-state index contributed by atoms with van der Waals surface area (Å²) in [5.41, 5.74) is 4.45. The lowest BCUT2D eigenvalue weighted by Crippen LogP contribution is -2.33.